The molecule has 0 saturated carbocycles. The Morgan fingerprint density at radius 2 is 2.00 bits per heavy atom. The smallest absolute Gasteiger partial charge is 0.274 e. The molecule has 0 saturated heterocycles. The van der Waals surface area contributed by atoms with E-state index in [1.165, 1.54) is 4.57 Å². The van der Waals surface area contributed by atoms with Crippen LogP contribution in [0.4, 0.5) is 0 Å². The zero-order chi connectivity index (χ0) is 18.9. The van der Waals surface area contributed by atoms with Crippen molar-refractivity contribution in [2.45, 2.75) is 39.3 Å². The molecular weight excluding hydrogens is 402 g/mol. The second-order valence-corrected chi connectivity index (χ2v) is 13.9. The van der Waals surface area contributed by atoms with Crippen LogP contribution in [0.1, 0.15) is 16.1 Å². The Kier molecular flexibility index (Phi) is 5.96. The van der Waals surface area contributed by atoms with Crippen LogP contribution in [0.3, 0.4) is 0 Å². The Bertz CT molecular complexity index is 865. The number of carbonyl (C=O) groups is 1. The lowest BCUT2D eigenvalue weighted by Crippen LogP contribution is -2.23. The van der Waals surface area contributed by atoms with E-state index in [4.69, 9.17) is 4.74 Å². The highest BCUT2D eigenvalue weighted by molar-refractivity contribution is 9.10. The average molecular weight is 428 g/mol. The van der Waals surface area contributed by atoms with Crippen LogP contribution in [-0.2, 0) is 18.5 Å². The number of fused-ring (bicyclic) bond motifs is 1. The quantitative estimate of drug-likeness (QED) is 0.568. The van der Waals surface area contributed by atoms with Crippen LogP contribution in [0.5, 0.6) is 0 Å². The van der Waals surface area contributed by atoms with Gasteiger partial charge in [0.2, 0.25) is 0 Å². The van der Waals surface area contributed by atoms with Gasteiger partial charge in [0.15, 0.2) is 0 Å². The molecule has 0 aromatic carbocycles. The van der Waals surface area contributed by atoms with E-state index in [2.05, 4.69) is 40.9 Å². The van der Waals surface area contributed by atoms with Gasteiger partial charge in [-0.05, 0) is 28.9 Å². The zero-order valence-corrected chi connectivity index (χ0v) is 18.3. The van der Waals surface area contributed by atoms with Gasteiger partial charge in [0, 0.05) is 50.5 Å². The number of hydrogen-bond donors (Lipinski definition) is 1. The molecule has 8 heteroatoms. The fraction of sp³-hybridized carbons (Fsp3) is 0.529. The van der Waals surface area contributed by atoms with Gasteiger partial charge in [-0.1, -0.05) is 19.6 Å². The molecule has 2 aromatic rings. The molecule has 1 amide bonds. The summed E-state index contributed by atoms with van der Waals surface area (Å²) in [7, 11) is 2.11. The fourth-order valence-corrected chi connectivity index (χ4v) is 4.20. The number of nitrogens with one attached hydrogen (secondary N) is 1. The summed E-state index contributed by atoms with van der Waals surface area (Å²) < 4.78 is 9.88. The number of halogens is 1. The highest BCUT2D eigenvalue weighted by atomic mass is 79.9. The summed E-state index contributed by atoms with van der Waals surface area (Å²) in [4.78, 5) is 25.1. The third-order valence-corrected chi connectivity index (χ3v) is 6.57. The van der Waals surface area contributed by atoms with Crippen molar-refractivity contribution in [1.29, 1.82) is 0 Å². The molecule has 0 unspecified atom stereocenters. The van der Waals surface area contributed by atoms with Crippen molar-refractivity contribution in [3.63, 3.8) is 0 Å². The molecule has 138 valence electrons. The van der Waals surface area contributed by atoms with E-state index in [1.54, 1.807) is 24.9 Å². The van der Waals surface area contributed by atoms with Crippen LogP contribution in [-0.4, -0.2) is 36.8 Å². The Balaban J connectivity index is 2.54. The summed E-state index contributed by atoms with van der Waals surface area (Å²) in [6.45, 7) is 9.64. The molecule has 25 heavy (non-hydrogen) atoms. The highest BCUT2D eigenvalue weighted by Crippen LogP contribution is 2.30. The lowest BCUT2D eigenvalue weighted by Gasteiger charge is -2.16. The van der Waals surface area contributed by atoms with Crippen molar-refractivity contribution < 1.29 is 9.53 Å². The standard InChI is InChI=1S/C17H26BrN3O3Si/c1-11-13(16(22)19-2)14-12(18)9-20(3)17(23)15(14)21(11)10-24-7-8-25(4,5)6/h9H,7-8,10H2,1-6H3,(H,19,22). The first-order chi connectivity index (χ1) is 11.6. The number of rotatable bonds is 6. The second-order valence-electron chi connectivity index (χ2n) is 7.43. The van der Waals surface area contributed by atoms with E-state index in [0.717, 1.165) is 11.7 Å². The molecule has 1 N–H and O–H groups in total. The molecule has 0 bridgehead atoms. The predicted octanol–water partition coefficient (Wildman–Crippen LogP) is 3.08. The van der Waals surface area contributed by atoms with Gasteiger partial charge in [0.05, 0.1) is 5.56 Å². The van der Waals surface area contributed by atoms with Crippen LogP contribution < -0.4 is 10.9 Å². The summed E-state index contributed by atoms with van der Waals surface area (Å²) in [6, 6.07) is 1.05. The van der Waals surface area contributed by atoms with Gasteiger partial charge in [-0.15, -0.1) is 0 Å². The average Bonchev–Trinajstić information content (AvgIpc) is 2.81. The summed E-state index contributed by atoms with van der Waals surface area (Å²) in [5.74, 6) is -0.211. The number of nitrogens with zero attached hydrogens (tertiary/aromatic N) is 2. The zero-order valence-electron chi connectivity index (χ0n) is 15.7. The predicted molar refractivity (Wildman–Crippen MR) is 107 cm³/mol. The molecular formula is C17H26BrN3O3Si. The molecule has 0 atom stereocenters. The Morgan fingerprint density at radius 3 is 2.56 bits per heavy atom. The lowest BCUT2D eigenvalue weighted by atomic mass is 10.1. The van der Waals surface area contributed by atoms with E-state index in [1.807, 2.05) is 6.92 Å². The molecule has 2 aromatic heterocycles. The van der Waals surface area contributed by atoms with E-state index < -0.39 is 8.07 Å². The van der Waals surface area contributed by atoms with E-state index in [0.29, 0.717) is 27.5 Å². The van der Waals surface area contributed by atoms with E-state index >= 15 is 0 Å². The molecule has 0 aliphatic heterocycles. The van der Waals surface area contributed by atoms with Gasteiger partial charge in [-0.25, -0.2) is 0 Å². The number of hydrogen-bond acceptors (Lipinski definition) is 3. The molecule has 0 spiro atoms. The molecule has 2 rings (SSSR count). The van der Waals surface area contributed by atoms with Gasteiger partial charge in [0.1, 0.15) is 12.2 Å². The first-order valence-corrected chi connectivity index (χ1v) is 12.8. The number of pyridine rings is 1. The first kappa shape index (κ1) is 19.9. The molecule has 6 nitrogen and oxygen atoms in total. The van der Waals surface area contributed by atoms with Crippen molar-refractivity contribution in [1.82, 2.24) is 14.5 Å². The Hall–Kier alpha value is -1.38. The van der Waals surface area contributed by atoms with Gasteiger partial charge in [-0.3, -0.25) is 9.59 Å². The Morgan fingerprint density at radius 1 is 1.36 bits per heavy atom. The van der Waals surface area contributed by atoms with Crippen LogP contribution >= 0.6 is 15.9 Å². The number of ether oxygens (including phenoxy) is 1. The van der Waals surface area contributed by atoms with Crippen molar-refractivity contribution in [3.8, 4) is 0 Å². The number of aromatic nitrogens is 2. The molecule has 0 aliphatic carbocycles. The normalized spacial score (nSPS) is 12.0. The molecule has 0 fully saturated rings. The number of amides is 1. The minimum Gasteiger partial charge on any atom is -0.361 e. The van der Waals surface area contributed by atoms with Crippen molar-refractivity contribution in [2.24, 2.45) is 7.05 Å². The molecule has 2 heterocycles. The van der Waals surface area contributed by atoms with E-state index in [-0.39, 0.29) is 18.2 Å². The third kappa shape index (κ3) is 4.07. The largest absolute Gasteiger partial charge is 0.361 e. The van der Waals surface area contributed by atoms with Crippen molar-refractivity contribution in [3.05, 3.63) is 32.3 Å². The second kappa shape index (κ2) is 7.47. The highest BCUT2D eigenvalue weighted by Gasteiger charge is 2.24. The third-order valence-electron chi connectivity index (χ3n) is 4.26. The first-order valence-electron chi connectivity index (χ1n) is 8.26. The van der Waals surface area contributed by atoms with Gasteiger partial charge < -0.3 is 19.2 Å². The van der Waals surface area contributed by atoms with Gasteiger partial charge >= 0.3 is 0 Å². The summed E-state index contributed by atoms with van der Waals surface area (Å²) in [5, 5.41) is 3.29. The van der Waals surface area contributed by atoms with Gasteiger partial charge in [-0.2, -0.15) is 0 Å². The number of carbonyl (C=O) groups excluding carboxylic acids is 1. The SMILES string of the molecule is CNC(=O)c1c(C)n(COCC[Si](C)(C)C)c2c(=O)n(C)cc(Br)c12. The van der Waals surface area contributed by atoms with Crippen LogP contribution in [0.15, 0.2) is 15.5 Å². The topological polar surface area (TPSA) is 65.3 Å². The molecule has 0 radical (unpaired) electrons. The summed E-state index contributed by atoms with van der Waals surface area (Å²) in [5.41, 5.74) is 1.58. The number of aryl methyl sites for hydroxylation is 1. The summed E-state index contributed by atoms with van der Waals surface area (Å²) >= 11 is 3.50. The summed E-state index contributed by atoms with van der Waals surface area (Å²) in [6.07, 6.45) is 1.69. The maximum atomic E-state index is 12.7. The van der Waals surface area contributed by atoms with Crippen LogP contribution in [0, 0.1) is 6.92 Å². The monoisotopic (exact) mass is 427 g/mol. The van der Waals surface area contributed by atoms with Crippen LogP contribution in [0.2, 0.25) is 25.7 Å². The van der Waals surface area contributed by atoms with Crippen molar-refractivity contribution >= 4 is 40.8 Å². The van der Waals surface area contributed by atoms with Gasteiger partial charge in [0.25, 0.3) is 11.5 Å². The fourth-order valence-electron chi connectivity index (χ4n) is 2.75. The molecule has 0 aliphatic rings. The lowest BCUT2D eigenvalue weighted by molar-refractivity contribution is 0.0882. The van der Waals surface area contributed by atoms with Crippen molar-refractivity contribution in [2.75, 3.05) is 13.7 Å². The van der Waals surface area contributed by atoms with Crippen LogP contribution in [0.25, 0.3) is 10.9 Å². The maximum Gasteiger partial charge on any atom is 0.274 e. The Labute approximate surface area is 157 Å². The maximum absolute atomic E-state index is 12.7. The minimum absolute atomic E-state index is 0.148. The minimum atomic E-state index is -1.18. The van der Waals surface area contributed by atoms with E-state index in [9.17, 15) is 9.59 Å².